The number of thiazole rings is 1. The van der Waals surface area contributed by atoms with Crippen molar-refractivity contribution < 1.29 is 18.3 Å². The lowest BCUT2D eigenvalue weighted by molar-refractivity contribution is -0.137. The molecule has 3 N–H and O–H groups in total. The Hall–Kier alpha value is -1.19. The first kappa shape index (κ1) is 14.2. The van der Waals surface area contributed by atoms with Crippen LogP contribution in [0, 0.1) is 12.8 Å². The summed E-state index contributed by atoms with van der Waals surface area (Å²) < 4.78 is 26.6. The summed E-state index contributed by atoms with van der Waals surface area (Å²) in [5.74, 6) is -0.972. The molecule has 1 aromatic heterocycles. The quantitative estimate of drug-likeness (QED) is 0.698. The Bertz CT molecular complexity index is 641. The van der Waals surface area contributed by atoms with E-state index >= 15 is 0 Å². The summed E-state index contributed by atoms with van der Waals surface area (Å²) in [6.07, 6.45) is 1.40. The Labute approximate surface area is 113 Å². The number of sulfonamides is 1. The van der Waals surface area contributed by atoms with Crippen LogP contribution in [0.15, 0.2) is 9.00 Å². The van der Waals surface area contributed by atoms with Gasteiger partial charge in [0.05, 0.1) is 6.42 Å². The van der Waals surface area contributed by atoms with E-state index in [2.05, 4.69) is 9.71 Å². The van der Waals surface area contributed by atoms with Gasteiger partial charge in [0.25, 0.3) is 10.0 Å². The van der Waals surface area contributed by atoms with Gasteiger partial charge in [0.1, 0.15) is 0 Å². The zero-order valence-corrected chi connectivity index (χ0v) is 11.8. The molecule has 1 heterocycles. The Morgan fingerprint density at radius 3 is 2.63 bits per heavy atom. The van der Waals surface area contributed by atoms with Gasteiger partial charge in [0.2, 0.25) is 0 Å². The molecule has 2 rings (SSSR count). The first-order valence-corrected chi connectivity index (χ1v) is 8.03. The van der Waals surface area contributed by atoms with Crippen LogP contribution in [-0.2, 0) is 14.8 Å². The maximum absolute atomic E-state index is 12.1. The van der Waals surface area contributed by atoms with Crippen LogP contribution < -0.4 is 9.60 Å². The van der Waals surface area contributed by atoms with Crippen LogP contribution in [0.25, 0.3) is 0 Å². The molecule has 0 amide bonds. The summed E-state index contributed by atoms with van der Waals surface area (Å²) in [6, 6.07) is -0.612. The topological polar surface area (TPSA) is 116 Å². The number of hydrogen-bond donors (Lipinski definition) is 3. The molecule has 9 heteroatoms. The third-order valence-corrected chi connectivity index (χ3v) is 6.01. The molecule has 19 heavy (non-hydrogen) atoms. The lowest BCUT2D eigenvalue weighted by Crippen LogP contribution is -2.38. The number of carboxylic acid groups (broad SMARTS) is 1. The number of rotatable bonds is 6. The molecule has 0 bridgehead atoms. The third kappa shape index (κ3) is 3.43. The van der Waals surface area contributed by atoms with Crippen molar-refractivity contribution in [3.63, 3.8) is 0 Å². The normalized spacial score (nSPS) is 17.3. The second-order valence-corrected chi connectivity index (χ2v) is 7.48. The van der Waals surface area contributed by atoms with Crippen LogP contribution in [0.1, 0.15) is 25.0 Å². The van der Waals surface area contributed by atoms with Crippen LogP contribution in [0.3, 0.4) is 0 Å². The first-order valence-electron chi connectivity index (χ1n) is 5.73. The van der Waals surface area contributed by atoms with E-state index in [-0.39, 0.29) is 22.2 Å². The van der Waals surface area contributed by atoms with E-state index in [0.717, 1.165) is 12.8 Å². The number of nitrogens with one attached hydrogen (secondary N) is 2. The summed E-state index contributed by atoms with van der Waals surface area (Å²) in [5, 5.41) is 8.80. The van der Waals surface area contributed by atoms with Crippen molar-refractivity contribution in [3.8, 4) is 0 Å². The van der Waals surface area contributed by atoms with E-state index in [1.54, 1.807) is 0 Å². The van der Waals surface area contributed by atoms with Crippen molar-refractivity contribution in [2.24, 2.45) is 5.92 Å². The number of aryl methyl sites for hydroxylation is 1. The predicted octanol–water partition coefficient (Wildman–Crippen LogP) is 0.276. The number of carbonyl (C=O) groups is 1. The van der Waals surface area contributed by atoms with Crippen LogP contribution in [-0.4, -0.2) is 30.5 Å². The van der Waals surface area contributed by atoms with Crippen molar-refractivity contribution in [3.05, 3.63) is 15.4 Å². The second-order valence-electron chi connectivity index (χ2n) is 4.59. The van der Waals surface area contributed by atoms with Gasteiger partial charge in [-0.1, -0.05) is 11.3 Å². The molecule has 1 fully saturated rings. The highest BCUT2D eigenvalue weighted by atomic mass is 32.2. The highest BCUT2D eigenvalue weighted by Gasteiger charge is 2.36. The Morgan fingerprint density at radius 2 is 2.21 bits per heavy atom. The smallest absolute Gasteiger partial charge is 0.305 e. The number of carboxylic acids is 1. The van der Waals surface area contributed by atoms with Crippen LogP contribution in [0.4, 0.5) is 0 Å². The van der Waals surface area contributed by atoms with Crippen molar-refractivity contribution in [2.45, 2.75) is 36.4 Å². The lowest BCUT2D eigenvalue weighted by Gasteiger charge is -2.15. The average molecular weight is 306 g/mol. The maximum Gasteiger partial charge on any atom is 0.305 e. The minimum absolute atomic E-state index is 0.0712. The average Bonchev–Trinajstić information content (AvgIpc) is 3.02. The van der Waals surface area contributed by atoms with Gasteiger partial charge in [-0.2, -0.15) is 0 Å². The number of aliphatic carboxylic acids is 1. The van der Waals surface area contributed by atoms with Gasteiger partial charge < -0.3 is 10.1 Å². The standard InChI is InChI=1S/C10H14N2O5S2/c1-5-9(18-10(15)11-5)19(16,17)12-7(4-8(13)14)6-2-3-6/h6-7,12H,2-4H2,1H3,(H,11,15)(H,13,14). The fourth-order valence-electron chi connectivity index (χ4n) is 1.89. The molecular formula is C10H14N2O5S2. The summed E-state index contributed by atoms with van der Waals surface area (Å²) in [7, 11) is -3.85. The molecular weight excluding hydrogens is 292 g/mol. The highest BCUT2D eigenvalue weighted by Crippen LogP contribution is 2.35. The Kier molecular flexibility index (Phi) is 3.79. The third-order valence-electron chi connectivity index (χ3n) is 2.92. The minimum atomic E-state index is -3.85. The largest absolute Gasteiger partial charge is 0.481 e. The van der Waals surface area contributed by atoms with E-state index in [1.807, 2.05) is 0 Å². The predicted molar refractivity (Wildman–Crippen MR) is 68.8 cm³/mol. The van der Waals surface area contributed by atoms with Gasteiger partial charge in [-0.15, -0.1) is 0 Å². The SMILES string of the molecule is Cc1[nH]c(=O)sc1S(=O)(=O)NC(CC(=O)O)C1CC1. The molecule has 1 aliphatic carbocycles. The number of H-pyrrole nitrogens is 1. The lowest BCUT2D eigenvalue weighted by atomic mass is 10.1. The second kappa shape index (κ2) is 5.06. The van der Waals surface area contributed by atoms with Crippen molar-refractivity contribution in [1.29, 1.82) is 0 Å². The van der Waals surface area contributed by atoms with Gasteiger partial charge >= 0.3 is 10.8 Å². The molecule has 0 aromatic carbocycles. The highest BCUT2D eigenvalue weighted by molar-refractivity contribution is 7.91. The number of aromatic nitrogens is 1. The first-order chi connectivity index (χ1) is 8.79. The van der Waals surface area contributed by atoms with Crippen LogP contribution in [0.2, 0.25) is 0 Å². The molecule has 1 aromatic rings. The zero-order valence-electron chi connectivity index (χ0n) is 10.2. The molecule has 0 radical (unpaired) electrons. The van der Waals surface area contributed by atoms with Crippen molar-refractivity contribution >= 4 is 27.3 Å². The van der Waals surface area contributed by atoms with E-state index < -0.39 is 26.9 Å². The maximum atomic E-state index is 12.1. The Balaban J connectivity index is 2.22. The molecule has 7 nitrogen and oxygen atoms in total. The molecule has 0 saturated heterocycles. The summed E-state index contributed by atoms with van der Waals surface area (Å²) in [5.41, 5.74) is 0.271. The van der Waals surface area contributed by atoms with E-state index in [1.165, 1.54) is 6.92 Å². The molecule has 0 aliphatic heterocycles. The molecule has 1 aliphatic rings. The number of aromatic amines is 1. The van der Waals surface area contributed by atoms with E-state index in [9.17, 15) is 18.0 Å². The van der Waals surface area contributed by atoms with Gasteiger partial charge in [-0.05, 0) is 25.7 Å². The summed E-state index contributed by atoms with van der Waals surface area (Å²) in [4.78, 5) is 23.8. The molecule has 0 spiro atoms. The molecule has 1 atom stereocenters. The molecule has 106 valence electrons. The van der Waals surface area contributed by atoms with Crippen molar-refractivity contribution in [1.82, 2.24) is 9.71 Å². The summed E-state index contributed by atoms with van der Waals surface area (Å²) >= 11 is 0.605. The van der Waals surface area contributed by atoms with E-state index in [4.69, 9.17) is 5.11 Å². The fraction of sp³-hybridized carbons (Fsp3) is 0.600. The minimum Gasteiger partial charge on any atom is -0.481 e. The van der Waals surface area contributed by atoms with Gasteiger partial charge in [-0.3, -0.25) is 9.59 Å². The molecule has 1 unspecified atom stereocenters. The van der Waals surface area contributed by atoms with Crippen LogP contribution in [0.5, 0.6) is 0 Å². The number of hydrogen-bond acceptors (Lipinski definition) is 5. The van der Waals surface area contributed by atoms with Crippen molar-refractivity contribution in [2.75, 3.05) is 0 Å². The van der Waals surface area contributed by atoms with Gasteiger partial charge in [0.15, 0.2) is 4.21 Å². The van der Waals surface area contributed by atoms with Gasteiger partial charge in [-0.25, -0.2) is 13.1 Å². The summed E-state index contributed by atoms with van der Waals surface area (Å²) in [6.45, 7) is 1.50. The fourth-order valence-corrected chi connectivity index (χ4v) is 4.51. The van der Waals surface area contributed by atoms with Crippen LogP contribution >= 0.6 is 11.3 Å². The van der Waals surface area contributed by atoms with E-state index in [0.29, 0.717) is 11.3 Å². The Morgan fingerprint density at radius 1 is 1.58 bits per heavy atom. The molecule has 1 saturated carbocycles. The van der Waals surface area contributed by atoms with Gasteiger partial charge in [0, 0.05) is 11.7 Å². The monoisotopic (exact) mass is 306 g/mol. The zero-order chi connectivity index (χ0) is 14.2.